The number of hydrogen-bond acceptors (Lipinski definition) is 1. The number of rotatable bonds is 2. The van der Waals surface area contributed by atoms with Crippen molar-refractivity contribution in [3.8, 4) is 0 Å². The fourth-order valence-electron chi connectivity index (χ4n) is 1.47. The predicted octanol–water partition coefficient (Wildman–Crippen LogP) is 3.02. The van der Waals surface area contributed by atoms with E-state index in [0.717, 1.165) is 11.9 Å². The highest BCUT2D eigenvalue weighted by Gasteiger charge is 1.99. The summed E-state index contributed by atoms with van der Waals surface area (Å²) in [5, 5.41) is 1.21. The van der Waals surface area contributed by atoms with Crippen LogP contribution in [-0.2, 0) is 6.42 Å². The number of alkyl halides is 1. The Morgan fingerprint density at radius 2 is 2.00 bits per heavy atom. The molecule has 0 radical (unpaired) electrons. The Balaban J connectivity index is 2.61. The number of aromatic nitrogens is 1. The van der Waals surface area contributed by atoms with Gasteiger partial charge in [0, 0.05) is 17.5 Å². The van der Waals surface area contributed by atoms with Crippen LogP contribution < -0.4 is 0 Å². The van der Waals surface area contributed by atoms with Crippen molar-refractivity contribution >= 4 is 22.5 Å². The fraction of sp³-hybridized carbons (Fsp3) is 0.182. The van der Waals surface area contributed by atoms with Gasteiger partial charge in [-0.2, -0.15) is 0 Å². The third-order valence-electron chi connectivity index (χ3n) is 2.10. The van der Waals surface area contributed by atoms with Crippen molar-refractivity contribution < 1.29 is 0 Å². The van der Waals surface area contributed by atoms with E-state index in [1.54, 1.807) is 0 Å². The van der Waals surface area contributed by atoms with Crippen molar-refractivity contribution in [1.29, 1.82) is 0 Å². The minimum atomic E-state index is 0.661. The molecule has 1 heterocycles. The van der Waals surface area contributed by atoms with Gasteiger partial charge in [-0.15, -0.1) is 11.6 Å². The number of para-hydroxylation sites is 1. The number of benzene rings is 1. The lowest BCUT2D eigenvalue weighted by Gasteiger charge is -2.02. The molecular weight excluding hydrogens is 182 g/mol. The Morgan fingerprint density at radius 3 is 2.85 bits per heavy atom. The quantitative estimate of drug-likeness (QED) is 0.665. The van der Waals surface area contributed by atoms with Gasteiger partial charge in [0.25, 0.3) is 0 Å². The molecule has 2 aromatic rings. The summed E-state index contributed by atoms with van der Waals surface area (Å²) in [5.74, 6) is 0.661. The fourth-order valence-corrected chi connectivity index (χ4v) is 1.68. The van der Waals surface area contributed by atoms with Gasteiger partial charge in [-0.05, 0) is 24.1 Å². The van der Waals surface area contributed by atoms with Gasteiger partial charge in [0.1, 0.15) is 0 Å². The van der Waals surface area contributed by atoms with Crippen molar-refractivity contribution in [2.24, 2.45) is 0 Å². The molecule has 0 fully saturated rings. The maximum atomic E-state index is 5.72. The molecule has 0 saturated carbocycles. The van der Waals surface area contributed by atoms with Gasteiger partial charge in [0.15, 0.2) is 0 Å². The van der Waals surface area contributed by atoms with Crippen molar-refractivity contribution in [3.05, 3.63) is 42.1 Å². The maximum Gasteiger partial charge on any atom is 0.0704 e. The molecule has 66 valence electrons. The predicted molar refractivity (Wildman–Crippen MR) is 56.2 cm³/mol. The highest BCUT2D eigenvalue weighted by atomic mass is 35.5. The van der Waals surface area contributed by atoms with Crippen LogP contribution in [-0.4, -0.2) is 10.9 Å². The van der Waals surface area contributed by atoms with Gasteiger partial charge in [-0.25, -0.2) is 0 Å². The Kier molecular flexibility index (Phi) is 2.46. The Hall–Kier alpha value is -1.08. The monoisotopic (exact) mass is 191 g/mol. The minimum Gasteiger partial charge on any atom is -0.256 e. The molecule has 0 unspecified atom stereocenters. The minimum absolute atomic E-state index is 0.661. The molecular formula is C11H10ClN. The van der Waals surface area contributed by atoms with Crippen LogP contribution in [0.4, 0.5) is 0 Å². The molecule has 0 aliphatic carbocycles. The van der Waals surface area contributed by atoms with Gasteiger partial charge in [0.05, 0.1) is 5.52 Å². The summed E-state index contributed by atoms with van der Waals surface area (Å²) in [6.45, 7) is 0. The van der Waals surface area contributed by atoms with Crippen LogP contribution in [0.2, 0.25) is 0 Å². The molecule has 0 saturated heterocycles. The number of halogens is 1. The smallest absolute Gasteiger partial charge is 0.0704 e. The summed E-state index contributed by atoms with van der Waals surface area (Å²) in [6.07, 6.45) is 2.74. The van der Waals surface area contributed by atoms with Crippen LogP contribution in [0.25, 0.3) is 10.9 Å². The number of fused-ring (bicyclic) bond motifs is 1. The van der Waals surface area contributed by atoms with Crippen LogP contribution in [0.1, 0.15) is 5.56 Å². The van der Waals surface area contributed by atoms with E-state index in [1.165, 1.54) is 10.9 Å². The van der Waals surface area contributed by atoms with Crippen LogP contribution in [0.3, 0.4) is 0 Å². The normalized spacial score (nSPS) is 10.5. The van der Waals surface area contributed by atoms with Crippen molar-refractivity contribution in [1.82, 2.24) is 4.98 Å². The number of pyridine rings is 1. The van der Waals surface area contributed by atoms with E-state index >= 15 is 0 Å². The molecule has 13 heavy (non-hydrogen) atoms. The van der Waals surface area contributed by atoms with Gasteiger partial charge in [-0.1, -0.05) is 18.2 Å². The van der Waals surface area contributed by atoms with Crippen LogP contribution in [0, 0.1) is 0 Å². The first-order valence-electron chi connectivity index (χ1n) is 4.30. The second-order valence-electron chi connectivity index (χ2n) is 2.93. The molecule has 0 spiro atoms. The van der Waals surface area contributed by atoms with Gasteiger partial charge in [0.2, 0.25) is 0 Å². The second kappa shape index (κ2) is 3.75. The number of hydrogen-bond donors (Lipinski definition) is 0. The molecule has 2 rings (SSSR count). The topological polar surface area (TPSA) is 12.9 Å². The lowest BCUT2D eigenvalue weighted by Crippen LogP contribution is -1.89. The van der Waals surface area contributed by atoms with E-state index in [9.17, 15) is 0 Å². The van der Waals surface area contributed by atoms with Crippen LogP contribution in [0.15, 0.2) is 36.5 Å². The molecule has 1 aromatic carbocycles. The molecule has 0 N–H and O–H groups in total. The summed E-state index contributed by atoms with van der Waals surface area (Å²) in [6, 6.07) is 10.2. The van der Waals surface area contributed by atoms with E-state index in [2.05, 4.69) is 11.1 Å². The number of aryl methyl sites for hydroxylation is 1. The lowest BCUT2D eigenvalue weighted by atomic mass is 10.1. The molecule has 0 aliphatic heterocycles. The van der Waals surface area contributed by atoms with Crippen LogP contribution in [0.5, 0.6) is 0 Å². The molecule has 2 heteroatoms. The summed E-state index contributed by atoms with van der Waals surface area (Å²) in [5.41, 5.74) is 2.32. The third kappa shape index (κ3) is 1.65. The van der Waals surface area contributed by atoms with E-state index in [4.69, 9.17) is 11.6 Å². The lowest BCUT2D eigenvalue weighted by molar-refractivity contribution is 1.16. The molecule has 1 nitrogen and oxygen atoms in total. The van der Waals surface area contributed by atoms with Crippen LogP contribution >= 0.6 is 11.6 Å². The average molecular weight is 192 g/mol. The highest BCUT2D eigenvalue weighted by Crippen LogP contribution is 2.16. The standard InChI is InChI=1S/C11H10ClN/c12-7-5-9-6-8-13-11-4-2-1-3-10(9)11/h1-4,6,8H,5,7H2. The highest BCUT2D eigenvalue weighted by molar-refractivity contribution is 6.18. The molecule has 0 amide bonds. The summed E-state index contributed by atoms with van der Waals surface area (Å²) in [4.78, 5) is 4.28. The zero-order valence-electron chi connectivity index (χ0n) is 7.20. The summed E-state index contributed by atoms with van der Waals surface area (Å²) >= 11 is 5.72. The molecule has 1 aromatic heterocycles. The van der Waals surface area contributed by atoms with E-state index in [1.807, 2.05) is 30.5 Å². The van der Waals surface area contributed by atoms with E-state index in [-0.39, 0.29) is 0 Å². The molecule has 0 atom stereocenters. The molecule has 0 bridgehead atoms. The zero-order chi connectivity index (χ0) is 9.10. The van der Waals surface area contributed by atoms with E-state index < -0.39 is 0 Å². The molecule has 0 aliphatic rings. The average Bonchev–Trinajstić information content (AvgIpc) is 2.19. The summed E-state index contributed by atoms with van der Waals surface area (Å²) < 4.78 is 0. The first kappa shape index (κ1) is 8.52. The van der Waals surface area contributed by atoms with Crippen molar-refractivity contribution in [2.75, 3.05) is 5.88 Å². The van der Waals surface area contributed by atoms with Gasteiger partial charge < -0.3 is 0 Å². The van der Waals surface area contributed by atoms with Gasteiger partial charge >= 0.3 is 0 Å². The summed E-state index contributed by atoms with van der Waals surface area (Å²) in [7, 11) is 0. The Bertz CT molecular complexity index is 406. The Labute approximate surface area is 82.4 Å². The first-order valence-corrected chi connectivity index (χ1v) is 4.84. The first-order chi connectivity index (χ1) is 6.42. The van der Waals surface area contributed by atoms with Crippen molar-refractivity contribution in [3.63, 3.8) is 0 Å². The third-order valence-corrected chi connectivity index (χ3v) is 2.29. The number of nitrogens with zero attached hydrogens (tertiary/aromatic N) is 1. The van der Waals surface area contributed by atoms with E-state index in [0.29, 0.717) is 5.88 Å². The second-order valence-corrected chi connectivity index (χ2v) is 3.30. The largest absolute Gasteiger partial charge is 0.256 e. The SMILES string of the molecule is ClCCc1ccnc2ccccc12. The maximum absolute atomic E-state index is 5.72. The Morgan fingerprint density at radius 1 is 1.15 bits per heavy atom. The van der Waals surface area contributed by atoms with Crippen molar-refractivity contribution in [2.45, 2.75) is 6.42 Å². The zero-order valence-corrected chi connectivity index (χ0v) is 7.96. The van der Waals surface area contributed by atoms with Gasteiger partial charge in [-0.3, -0.25) is 4.98 Å².